The van der Waals surface area contributed by atoms with Crippen LogP contribution in [0.15, 0.2) is 0 Å². The van der Waals surface area contributed by atoms with E-state index >= 15 is 0 Å². The van der Waals surface area contributed by atoms with Gasteiger partial charge in [-0.1, -0.05) is 41.0 Å². The normalized spacial score (nSPS) is 49.6. The second kappa shape index (κ2) is 8.70. The van der Waals surface area contributed by atoms with E-state index < -0.39 is 11.0 Å². The zero-order valence-corrected chi connectivity index (χ0v) is 25.6. The molecule has 5 nitrogen and oxygen atoms in total. The van der Waals surface area contributed by atoms with E-state index in [1.807, 2.05) is 13.8 Å². The van der Waals surface area contributed by atoms with E-state index in [4.69, 9.17) is 9.47 Å². The number of hydrogen-bond donors (Lipinski definition) is 1. The Bertz CT molecular complexity index is 980. The fraction of sp³-hybridized carbons (Fsp3) is 0.939. The van der Waals surface area contributed by atoms with Crippen LogP contribution in [-0.4, -0.2) is 35.9 Å². The summed E-state index contributed by atoms with van der Waals surface area (Å²) >= 11 is 0. The van der Waals surface area contributed by atoms with Gasteiger partial charge < -0.3 is 14.6 Å². The topological polar surface area (TPSA) is 72.8 Å². The first kappa shape index (κ1) is 28.4. The number of carbonyl (C=O) groups is 2. The Labute approximate surface area is 231 Å². The molecule has 10 atom stereocenters. The zero-order valence-electron chi connectivity index (χ0n) is 25.6. The largest absolute Gasteiger partial charge is 0.469 e. The molecule has 10 unspecified atom stereocenters. The van der Waals surface area contributed by atoms with Crippen LogP contribution in [0, 0.1) is 56.7 Å². The molecule has 5 heteroatoms. The summed E-state index contributed by atoms with van der Waals surface area (Å²) in [5, 5.41) is 11.1. The van der Waals surface area contributed by atoms with Crippen LogP contribution in [0.25, 0.3) is 0 Å². The molecule has 0 aliphatic heterocycles. The Morgan fingerprint density at radius 2 is 1.53 bits per heavy atom. The van der Waals surface area contributed by atoms with Crippen molar-refractivity contribution < 1.29 is 24.2 Å². The molecular weight excluding hydrogens is 476 g/mol. The van der Waals surface area contributed by atoms with Gasteiger partial charge in [0.25, 0.3) is 0 Å². The minimum Gasteiger partial charge on any atom is -0.469 e. The number of rotatable bonds is 3. The fourth-order valence-corrected chi connectivity index (χ4v) is 12.6. The van der Waals surface area contributed by atoms with Gasteiger partial charge in [-0.25, -0.2) is 0 Å². The maximum Gasteiger partial charge on any atom is 0.312 e. The van der Waals surface area contributed by atoms with Crippen LogP contribution in [0.2, 0.25) is 0 Å². The average molecular weight is 531 g/mol. The van der Waals surface area contributed by atoms with E-state index in [1.165, 1.54) is 13.3 Å². The van der Waals surface area contributed by atoms with Crippen molar-refractivity contribution in [3.05, 3.63) is 0 Å². The van der Waals surface area contributed by atoms with Gasteiger partial charge in [0.1, 0.15) is 6.10 Å². The second-order valence-corrected chi connectivity index (χ2v) is 16.2. The molecule has 38 heavy (non-hydrogen) atoms. The molecule has 5 rings (SSSR count). The number of hydrogen-bond acceptors (Lipinski definition) is 5. The molecule has 5 aliphatic rings. The van der Waals surface area contributed by atoms with E-state index in [0.717, 1.165) is 57.8 Å². The van der Waals surface area contributed by atoms with Crippen molar-refractivity contribution >= 4 is 11.9 Å². The molecule has 1 N–H and O–H groups in total. The van der Waals surface area contributed by atoms with Crippen LogP contribution in [0.5, 0.6) is 0 Å². The van der Waals surface area contributed by atoms with Crippen molar-refractivity contribution in [2.24, 2.45) is 56.7 Å². The highest BCUT2D eigenvalue weighted by Gasteiger charge is 2.75. The van der Waals surface area contributed by atoms with E-state index in [9.17, 15) is 14.7 Å². The summed E-state index contributed by atoms with van der Waals surface area (Å²) in [7, 11) is 1.55. The van der Waals surface area contributed by atoms with Crippen molar-refractivity contribution in [3.8, 4) is 0 Å². The van der Waals surface area contributed by atoms with Crippen LogP contribution in [0.3, 0.4) is 0 Å². The van der Waals surface area contributed by atoms with Gasteiger partial charge in [-0.15, -0.1) is 0 Å². The average Bonchev–Trinajstić information content (AvgIpc) is 3.15. The summed E-state index contributed by atoms with van der Waals surface area (Å²) in [6.45, 7) is 17.6. The van der Waals surface area contributed by atoms with Crippen LogP contribution >= 0.6 is 0 Å². The minimum atomic E-state index is -0.654. The van der Waals surface area contributed by atoms with Gasteiger partial charge in [0, 0.05) is 12.8 Å². The van der Waals surface area contributed by atoms with Crippen LogP contribution in [-0.2, 0) is 19.1 Å². The van der Waals surface area contributed by atoms with Crippen molar-refractivity contribution in [2.75, 3.05) is 7.11 Å². The van der Waals surface area contributed by atoms with Gasteiger partial charge in [0.2, 0.25) is 0 Å². The van der Waals surface area contributed by atoms with Crippen LogP contribution < -0.4 is 0 Å². The predicted molar refractivity (Wildman–Crippen MR) is 148 cm³/mol. The number of ether oxygens (including phenoxy) is 2. The summed E-state index contributed by atoms with van der Waals surface area (Å²) in [6, 6.07) is 0. The third-order valence-corrected chi connectivity index (χ3v) is 13.9. The second-order valence-electron chi connectivity index (χ2n) is 16.2. The number of esters is 2. The van der Waals surface area contributed by atoms with E-state index in [0.29, 0.717) is 17.8 Å². The quantitative estimate of drug-likeness (QED) is 0.400. The summed E-state index contributed by atoms with van der Waals surface area (Å²) in [5.41, 5.74) is -1.32. The molecule has 0 saturated heterocycles. The molecule has 0 aromatic rings. The van der Waals surface area contributed by atoms with Crippen molar-refractivity contribution in [2.45, 2.75) is 131 Å². The lowest BCUT2D eigenvalue weighted by atomic mass is 9.31. The number of methoxy groups -OCH3 is 1. The van der Waals surface area contributed by atoms with Crippen molar-refractivity contribution in [1.29, 1.82) is 0 Å². The first-order chi connectivity index (χ1) is 17.5. The number of fused-ring (bicyclic) bond motifs is 7. The van der Waals surface area contributed by atoms with E-state index in [1.54, 1.807) is 7.11 Å². The monoisotopic (exact) mass is 530 g/mol. The smallest absolute Gasteiger partial charge is 0.312 e. The Hall–Kier alpha value is -1.10. The van der Waals surface area contributed by atoms with Crippen LogP contribution in [0.4, 0.5) is 0 Å². The standard InChI is InChI=1S/C33H54O5/c1-20(34)38-23-19-32(8)25(33(27(35)37-9)16-10-15-28(2,3)26(23)33)12-11-24-30(6)17-13-21(29(4,5)36)22(30)14-18-31(24,32)7/h21-26,36H,10-19H2,1-9H3. The van der Waals surface area contributed by atoms with Gasteiger partial charge in [-0.05, 0) is 117 Å². The first-order valence-corrected chi connectivity index (χ1v) is 15.5. The molecule has 5 saturated carbocycles. The van der Waals surface area contributed by atoms with Crippen molar-refractivity contribution in [1.82, 2.24) is 0 Å². The molecular formula is C33H54O5. The highest BCUT2D eigenvalue weighted by molar-refractivity contribution is 5.79. The summed E-state index contributed by atoms with van der Waals surface area (Å²) in [5.74, 6) is 1.27. The maximum absolute atomic E-state index is 14.1. The maximum atomic E-state index is 14.1. The lowest BCUT2D eigenvalue weighted by molar-refractivity contribution is -0.275. The zero-order chi connectivity index (χ0) is 28.1. The molecule has 0 bridgehead atoms. The highest BCUT2D eigenvalue weighted by Crippen LogP contribution is 2.78. The fourth-order valence-electron chi connectivity index (χ4n) is 12.6. The molecule has 5 aliphatic carbocycles. The van der Waals surface area contributed by atoms with Gasteiger partial charge >= 0.3 is 11.9 Å². The van der Waals surface area contributed by atoms with E-state index in [-0.39, 0.29) is 51.5 Å². The summed E-state index contributed by atoms with van der Waals surface area (Å²) in [4.78, 5) is 26.6. The summed E-state index contributed by atoms with van der Waals surface area (Å²) in [6.07, 6.45) is 10.1. The molecule has 0 aromatic heterocycles. The van der Waals surface area contributed by atoms with E-state index in [2.05, 4.69) is 34.6 Å². The highest BCUT2D eigenvalue weighted by atomic mass is 16.5. The lowest BCUT2D eigenvalue weighted by Gasteiger charge is -2.73. The number of aliphatic hydroxyl groups is 1. The first-order valence-electron chi connectivity index (χ1n) is 15.5. The molecule has 216 valence electrons. The predicted octanol–water partition coefficient (Wildman–Crippen LogP) is 6.94. The molecule has 0 amide bonds. The number of carbonyl (C=O) groups excluding carboxylic acids is 2. The van der Waals surface area contributed by atoms with Crippen molar-refractivity contribution in [3.63, 3.8) is 0 Å². The molecule has 5 fully saturated rings. The SMILES string of the molecule is COC(=O)C12CCCC(C)(C)C1C(OC(C)=O)CC1(C)C2CCC2C3(C)CCC(C(C)(C)O)C3CCC21C. The molecule has 0 heterocycles. The summed E-state index contributed by atoms with van der Waals surface area (Å²) < 4.78 is 11.9. The Balaban J connectivity index is 1.64. The van der Waals surface area contributed by atoms with Crippen LogP contribution in [0.1, 0.15) is 120 Å². The Kier molecular flexibility index (Phi) is 6.51. The third-order valence-electron chi connectivity index (χ3n) is 13.9. The van der Waals surface area contributed by atoms with Gasteiger partial charge in [-0.2, -0.15) is 0 Å². The molecule has 0 radical (unpaired) electrons. The minimum absolute atomic E-state index is 0.0294. The van der Waals surface area contributed by atoms with Gasteiger partial charge in [-0.3, -0.25) is 9.59 Å². The Morgan fingerprint density at radius 1 is 0.868 bits per heavy atom. The lowest BCUT2D eigenvalue weighted by Crippen LogP contribution is -2.71. The molecule has 0 aromatic carbocycles. The van der Waals surface area contributed by atoms with Gasteiger partial charge in [0.05, 0.1) is 18.1 Å². The molecule has 0 spiro atoms. The Morgan fingerprint density at radius 3 is 2.13 bits per heavy atom. The third kappa shape index (κ3) is 3.58. The van der Waals surface area contributed by atoms with Gasteiger partial charge in [0.15, 0.2) is 0 Å².